The number of carbonyl (C=O) groups excluding carboxylic acids is 1. The molecule has 0 saturated heterocycles. The minimum absolute atomic E-state index is 0.230. The molecular formula is C14H15NOS. The van der Waals surface area contributed by atoms with Crippen molar-refractivity contribution in [2.45, 2.75) is 25.7 Å². The number of Topliss-reactive ketones (excluding diaryl/α,β-unsaturated/α-hetero) is 1. The van der Waals surface area contributed by atoms with E-state index in [9.17, 15) is 4.79 Å². The third kappa shape index (κ3) is 2.61. The number of hydrogen-bond acceptors (Lipinski definition) is 3. The molecule has 2 rings (SSSR count). The Bertz CT molecular complexity index is 488. The molecule has 0 aliphatic carbocycles. The lowest BCUT2D eigenvalue weighted by Crippen LogP contribution is -2.30. The summed E-state index contributed by atoms with van der Waals surface area (Å²) in [6.45, 7) is 3.96. The van der Waals surface area contributed by atoms with Gasteiger partial charge in [0.05, 0.1) is 5.51 Å². The third-order valence-electron chi connectivity index (χ3n) is 3.01. The van der Waals surface area contributed by atoms with Gasteiger partial charge in [-0.25, -0.2) is 0 Å². The van der Waals surface area contributed by atoms with Crippen LogP contribution in [0.1, 0.15) is 24.3 Å². The van der Waals surface area contributed by atoms with Crippen LogP contribution in [0.3, 0.4) is 0 Å². The maximum absolute atomic E-state index is 12.3. The molecule has 0 amide bonds. The number of hydrogen-bond donors (Lipinski definition) is 0. The number of aromatic nitrogens is 1. The summed E-state index contributed by atoms with van der Waals surface area (Å²) in [4.78, 5) is 17.3. The average Bonchev–Trinajstić information content (AvgIpc) is 2.83. The Labute approximate surface area is 105 Å². The van der Waals surface area contributed by atoms with Crippen LogP contribution < -0.4 is 0 Å². The fraction of sp³-hybridized carbons (Fsp3) is 0.286. The summed E-state index contributed by atoms with van der Waals surface area (Å²) in [5, 5.41) is 0. The van der Waals surface area contributed by atoms with Crippen LogP contribution in [0.2, 0.25) is 0 Å². The summed E-state index contributed by atoms with van der Waals surface area (Å²) in [6, 6.07) is 9.91. The van der Waals surface area contributed by atoms with Crippen molar-refractivity contribution in [3.8, 4) is 0 Å². The molecule has 2 aromatic rings. The Balaban J connectivity index is 2.18. The second-order valence-electron chi connectivity index (χ2n) is 4.56. The van der Waals surface area contributed by atoms with Crippen molar-refractivity contribution in [2.24, 2.45) is 0 Å². The Hall–Kier alpha value is -1.48. The summed E-state index contributed by atoms with van der Waals surface area (Å²) >= 11 is 1.53. The van der Waals surface area contributed by atoms with Crippen molar-refractivity contribution in [2.75, 3.05) is 0 Å². The highest BCUT2D eigenvalue weighted by Crippen LogP contribution is 2.26. The second kappa shape index (κ2) is 4.80. The molecule has 0 spiro atoms. The number of carbonyl (C=O) groups is 1. The Morgan fingerprint density at radius 1 is 1.29 bits per heavy atom. The minimum Gasteiger partial charge on any atom is -0.298 e. The van der Waals surface area contributed by atoms with Crippen LogP contribution in [-0.2, 0) is 16.6 Å². The van der Waals surface area contributed by atoms with Crippen LogP contribution >= 0.6 is 11.3 Å². The molecule has 0 aliphatic heterocycles. The molecular weight excluding hydrogens is 230 g/mol. The van der Waals surface area contributed by atoms with Crippen LogP contribution in [0.15, 0.2) is 42.0 Å². The standard InChI is InChI=1S/C14H15NOS/c1-14(2,11-6-4-3-5-7-11)13(16)8-12-9-15-10-17-12/h3-7,9-10H,8H2,1-2H3. The maximum Gasteiger partial charge on any atom is 0.148 e. The highest BCUT2D eigenvalue weighted by molar-refractivity contribution is 7.09. The first-order valence-corrected chi connectivity index (χ1v) is 6.45. The van der Waals surface area contributed by atoms with Gasteiger partial charge in [0.15, 0.2) is 0 Å². The molecule has 0 unspecified atom stereocenters. The molecule has 0 saturated carbocycles. The number of benzene rings is 1. The summed E-state index contributed by atoms with van der Waals surface area (Å²) in [7, 11) is 0. The van der Waals surface area contributed by atoms with Crippen molar-refractivity contribution in [3.63, 3.8) is 0 Å². The molecule has 17 heavy (non-hydrogen) atoms. The van der Waals surface area contributed by atoms with Gasteiger partial charge in [0.2, 0.25) is 0 Å². The predicted molar refractivity (Wildman–Crippen MR) is 70.3 cm³/mol. The average molecular weight is 245 g/mol. The summed E-state index contributed by atoms with van der Waals surface area (Å²) in [5.41, 5.74) is 2.39. The van der Waals surface area contributed by atoms with Crippen LogP contribution in [-0.4, -0.2) is 10.8 Å². The van der Waals surface area contributed by atoms with Crippen LogP contribution in [0.25, 0.3) is 0 Å². The minimum atomic E-state index is -0.439. The molecule has 0 atom stereocenters. The van der Waals surface area contributed by atoms with Gasteiger partial charge in [-0.15, -0.1) is 11.3 Å². The van der Waals surface area contributed by atoms with E-state index in [2.05, 4.69) is 4.98 Å². The Morgan fingerprint density at radius 3 is 2.59 bits per heavy atom. The van der Waals surface area contributed by atoms with Crippen molar-refractivity contribution in [1.82, 2.24) is 4.98 Å². The lowest BCUT2D eigenvalue weighted by molar-refractivity contribution is -0.122. The predicted octanol–water partition coefficient (Wildman–Crippen LogP) is 3.23. The first kappa shape index (κ1) is 12.0. The van der Waals surface area contributed by atoms with Crippen molar-refractivity contribution >= 4 is 17.1 Å². The van der Waals surface area contributed by atoms with Crippen molar-refractivity contribution in [1.29, 1.82) is 0 Å². The summed E-state index contributed by atoms with van der Waals surface area (Å²) in [5.74, 6) is 0.230. The zero-order valence-electron chi connectivity index (χ0n) is 10.0. The van der Waals surface area contributed by atoms with Gasteiger partial charge in [-0.05, 0) is 19.4 Å². The molecule has 0 fully saturated rings. The molecule has 88 valence electrons. The third-order valence-corrected chi connectivity index (χ3v) is 3.79. The van der Waals surface area contributed by atoms with E-state index < -0.39 is 5.41 Å². The highest BCUT2D eigenvalue weighted by atomic mass is 32.1. The van der Waals surface area contributed by atoms with Crippen LogP contribution in [0, 0.1) is 0 Å². The van der Waals surface area contributed by atoms with Crippen LogP contribution in [0.5, 0.6) is 0 Å². The lowest BCUT2D eigenvalue weighted by Gasteiger charge is -2.23. The van der Waals surface area contributed by atoms with Gasteiger partial charge in [0.1, 0.15) is 5.78 Å². The van der Waals surface area contributed by atoms with Gasteiger partial charge in [-0.3, -0.25) is 9.78 Å². The summed E-state index contributed by atoms with van der Waals surface area (Å²) < 4.78 is 0. The molecule has 1 aromatic carbocycles. The smallest absolute Gasteiger partial charge is 0.148 e. The van der Waals surface area contributed by atoms with E-state index in [4.69, 9.17) is 0 Å². The van der Waals surface area contributed by atoms with Gasteiger partial charge in [0, 0.05) is 22.9 Å². The van der Waals surface area contributed by atoms with Crippen molar-refractivity contribution in [3.05, 3.63) is 52.5 Å². The van der Waals surface area contributed by atoms with E-state index in [1.54, 1.807) is 11.7 Å². The molecule has 0 bridgehead atoms. The molecule has 0 radical (unpaired) electrons. The van der Waals surface area contributed by atoms with E-state index in [0.29, 0.717) is 6.42 Å². The van der Waals surface area contributed by atoms with Crippen LogP contribution in [0.4, 0.5) is 0 Å². The molecule has 1 aromatic heterocycles. The maximum atomic E-state index is 12.3. The lowest BCUT2D eigenvalue weighted by atomic mass is 9.79. The zero-order valence-corrected chi connectivity index (χ0v) is 10.8. The second-order valence-corrected chi connectivity index (χ2v) is 5.53. The quantitative estimate of drug-likeness (QED) is 0.827. The van der Waals surface area contributed by atoms with Crippen molar-refractivity contribution < 1.29 is 4.79 Å². The van der Waals surface area contributed by atoms with E-state index in [1.807, 2.05) is 44.2 Å². The van der Waals surface area contributed by atoms with Gasteiger partial charge >= 0.3 is 0 Å². The monoisotopic (exact) mass is 245 g/mol. The largest absolute Gasteiger partial charge is 0.298 e. The number of thiazole rings is 1. The van der Waals surface area contributed by atoms with E-state index >= 15 is 0 Å². The number of nitrogens with zero attached hydrogens (tertiary/aromatic N) is 1. The van der Waals surface area contributed by atoms with E-state index in [0.717, 1.165) is 10.4 Å². The molecule has 3 heteroatoms. The van der Waals surface area contributed by atoms with Gasteiger partial charge < -0.3 is 0 Å². The number of rotatable bonds is 4. The molecule has 1 heterocycles. The summed E-state index contributed by atoms with van der Waals surface area (Å²) in [6.07, 6.45) is 2.23. The Morgan fingerprint density at radius 2 is 2.00 bits per heavy atom. The SMILES string of the molecule is CC(C)(C(=O)Cc1cncs1)c1ccccc1. The molecule has 2 nitrogen and oxygen atoms in total. The fourth-order valence-corrected chi connectivity index (χ4v) is 2.32. The molecule has 0 N–H and O–H groups in total. The normalized spacial score (nSPS) is 11.4. The van der Waals surface area contributed by atoms with E-state index in [1.165, 1.54) is 11.3 Å². The number of ketones is 1. The first-order valence-electron chi connectivity index (χ1n) is 5.57. The van der Waals surface area contributed by atoms with Gasteiger partial charge in [-0.1, -0.05) is 30.3 Å². The highest BCUT2D eigenvalue weighted by Gasteiger charge is 2.29. The van der Waals surface area contributed by atoms with E-state index in [-0.39, 0.29) is 5.78 Å². The fourth-order valence-electron chi connectivity index (χ4n) is 1.72. The Kier molecular flexibility index (Phi) is 3.38. The first-order chi connectivity index (χ1) is 8.10. The zero-order chi connectivity index (χ0) is 12.3. The molecule has 0 aliphatic rings. The van der Waals surface area contributed by atoms with Gasteiger partial charge in [-0.2, -0.15) is 0 Å². The topological polar surface area (TPSA) is 30.0 Å². The van der Waals surface area contributed by atoms with Gasteiger partial charge in [0.25, 0.3) is 0 Å².